The average Bonchev–Trinajstić information content (AvgIpc) is 3.00. The molecular weight excluding hydrogens is 252 g/mol. The molecule has 2 rings (SSSR count). The van der Waals surface area contributed by atoms with Crippen LogP contribution in [-0.2, 0) is 0 Å². The van der Waals surface area contributed by atoms with Crippen molar-refractivity contribution >= 4 is 21.6 Å². The molecule has 82 valence electrons. The molecule has 0 spiro atoms. The fourth-order valence-electron chi connectivity index (χ4n) is 1.94. The van der Waals surface area contributed by atoms with E-state index in [9.17, 15) is 0 Å². The van der Waals surface area contributed by atoms with Gasteiger partial charge < -0.3 is 5.32 Å². The Kier molecular flexibility index (Phi) is 3.62. The van der Waals surface area contributed by atoms with Gasteiger partial charge >= 0.3 is 0 Å². The highest BCUT2D eigenvalue weighted by Gasteiger charge is 2.30. The van der Waals surface area contributed by atoms with Crippen LogP contribution in [0.5, 0.6) is 0 Å². The van der Waals surface area contributed by atoms with Crippen molar-refractivity contribution in [3.63, 3.8) is 0 Å². The van der Waals surface area contributed by atoms with Gasteiger partial charge in [0.2, 0.25) is 0 Å². The zero-order chi connectivity index (χ0) is 10.7. The van der Waals surface area contributed by atoms with Gasteiger partial charge in [-0.1, -0.05) is 13.3 Å². The highest BCUT2D eigenvalue weighted by Crippen LogP contribution is 2.36. The van der Waals surface area contributed by atoms with Gasteiger partial charge in [0.05, 0.1) is 11.9 Å². The Morgan fingerprint density at radius 3 is 2.93 bits per heavy atom. The lowest BCUT2D eigenvalue weighted by Crippen LogP contribution is -2.21. The first-order valence-electron chi connectivity index (χ1n) is 5.66. The molecule has 1 atom stereocenters. The fraction of sp³-hybridized carbons (Fsp3) is 0.583. The van der Waals surface area contributed by atoms with Gasteiger partial charge in [-0.2, -0.15) is 0 Å². The van der Waals surface area contributed by atoms with E-state index in [0.717, 1.165) is 16.1 Å². The number of anilines is 1. The van der Waals surface area contributed by atoms with E-state index >= 15 is 0 Å². The highest BCUT2D eigenvalue weighted by atomic mass is 79.9. The topological polar surface area (TPSA) is 24.9 Å². The SMILES string of the molecule is CCCC(Nc1cncc(Br)c1)C1CC1. The molecule has 0 radical (unpaired) electrons. The van der Waals surface area contributed by atoms with E-state index in [4.69, 9.17) is 0 Å². The van der Waals surface area contributed by atoms with Gasteiger partial charge in [-0.25, -0.2) is 0 Å². The summed E-state index contributed by atoms with van der Waals surface area (Å²) in [6, 6.07) is 2.74. The van der Waals surface area contributed by atoms with Gasteiger partial charge in [0.25, 0.3) is 0 Å². The van der Waals surface area contributed by atoms with E-state index in [1.165, 1.54) is 25.7 Å². The molecule has 0 amide bonds. The molecule has 2 nitrogen and oxygen atoms in total. The molecule has 1 aliphatic carbocycles. The average molecular weight is 269 g/mol. The maximum atomic E-state index is 4.17. The Bertz CT molecular complexity index is 323. The number of hydrogen-bond acceptors (Lipinski definition) is 2. The molecule has 1 unspecified atom stereocenters. The first kappa shape index (κ1) is 10.9. The molecule has 0 bridgehead atoms. The number of pyridine rings is 1. The third-order valence-electron chi connectivity index (χ3n) is 2.85. The van der Waals surface area contributed by atoms with Crippen LogP contribution in [0.25, 0.3) is 0 Å². The third kappa shape index (κ3) is 3.20. The summed E-state index contributed by atoms with van der Waals surface area (Å²) in [7, 11) is 0. The van der Waals surface area contributed by atoms with Crippen LogP contribution >= 0.6 is 15.9 Å². The maximum absolute atomic E-state index is 4.17. The van der Waals surface area contributed by atoms with Crippen LogP contribution in [0.4, 0.5) is 5.69 Å². The van der Waals surface area contributed by atoms with Crippen molar-refractivity contribution in [2.45, 2.75) is 38.6 Å². The number of aromatic nitrogens is 1. The first-order chi connectivity index (χ1) is 7.29. The molecule has 1 aromatic heterocycles. The number of hydrogen-bond donors (Lipinski definition) is 1. The molecule has 1 aliphatic rings. The summed E-state index contributed by atoms with van der Waals surface area (Å²) in [5.41, 5.74) is 1.13. The standard InChI is InChI=1S/C12H17BrN2/c1-2-3-12(9-4-5-9)15-11-6-10(13)7-14-8-11/h6-9,12,15H,2-5H2,1H3. The van der Waals surface area contributed by atoms with Gasteiger partial charge in [-0.15, -0.1) is 0 Å². The summed E-state index contributed by atoms with van der Waals surface area (Å²) in [4.78, 5) is 4.17. The lowest BCUT2D eigenvalue weighted by Gasteiger charge is -2.18. The van der Waals surface area contributed by atoms with E-state index in [1.807, 2.05) is 12.4 Å². The summed E-state index contributed by atoms with van der Waals surface area (Å²) in [5.74, 6) is 0.893. The maximum Gasteiger partial charge on any atom is 0.0540 e. The normalized spacial score (nSPS) is 17.5. The zero-order valence-corrected chi connectivity index (χ0v) is 10.6. The van der Waals surface area contributed by atoms with Crippen molar-refractivity contribution in [3.8, 4) is 0 Å². The molecule has 1 N–H and O–H groups in total. The van der Waals surface area contributed by atoms with Gasteiger partial charge in [-0.3, -0.25) is 4.98 Å². The largest absolute Gasteiger partial charge is 0.381 e. The summed E-state index contributed by atoms with van der Waals surface area (Å²) in [6.07, 6.45) is 9.00. The van der Waals surface area contributed by atoms with E-state index < -0.39 is 0 Å². The number of nitrogens with one attached hydrogen (secondary N) is 1. The minimum Gasteiger partial charge on any atom is -0.381 e. The van der Waals surface area contributed by atoms with Crippen LogP contribution in [-0.4, -0.2) is 11.0 Å². The monoisotopic (exact) mass is 268 g/mol. The second-order valence-corrected chi connectivity index (χ2v) is 5.18. The minimum absolute atomic E-state index is 0.645. The second-order valence-electron chi connectivity index (χ2n) is 4.27. The first-order valence-corrected chi connectivity index (χ1v) is 6.46. The lowest BCUT2D eigenvalue weighted by molar-refractivity contribution is 0.577. The molecule has 0 aromatic carbocycles. The van der Waals surface area contributed by atoms with Crippen molar-refractivity contribution < 1.29 is 0 Å². The Hall–Kier alpha value is -0.570. The van der Waals surface area contributed by atoms with Gasteiger partial charge in [0, 0.05) is 16.7 Å². The summed E-state index contributed by atoms with van der Waals surface area (Å²) in [5, 5.41) is 3.59. The van der Waals surface area contributed by atoms with Gasteiger partial charge in [0.1, 0.15) is 0 Å². The number of nitrogens with zero attached hydrogens (tertiary/aromatic N) is 1. The van der Waals surface area contributed by atoms with Crippen molar-refractivity contribution in [1.29, 1.82) is 0 Å². The fourth-order valence-corrected chi connectivity index (χ4v) is 2.31. The predicted octanol–water partition coefficient (Wildman–Crippen LogP) is 3.83. The molecule has 0 aliphatic heterocycles. The van der Waals surface area contributed by atoms with Crippen LogP contribution < -0.4 is 5.32 Å². The van der Waals surface area contributed by atoms with Crippen LogP contribution in [0, 0.1) is 5.92 Å². The van der Waals surface area contributed by atoms with Gasteiger partial charge in [-0.05, 0) is 47.2 Å². The number of halogens is 1. The van der Waals surface area contributed by atoms with Crippen molar-refractivity contribution in [2.75, 3.05) is 5.32 Å². The predicted molar refractivity (Wildman–Crippen MR) is 67.0 cm³/mol. The Labute approximate surface area is 99.6 Å². The Balaban J connectivity index is 1.98. The van der Waals surface area contributed by atoms with Crippen molar-refractivity contribution in [2.24, 2.45) is 5.92 Å². The van der Waals surface area contributed by atoms with Gasteiger partial charge in [0.15, 0.2) is 0 Å². The summed E-state index contributed by atoms with van der Waals surface area (Å²) < 4.78 is 1.04. The molecule has 1 aromatic rings. The molecule has 1 fully saturated rings. The molecule has 1 saturated carbocycles. The Morgan fingerprint density at radius 2 is 2.33 bits per heavy atom. The Morgan fingerprint density at radius 1 is 1.53 bits per heavy atom. The quantitative estimate of drug-likeness (QED) is 0.878. The second kappa shape index (κ2) is 4.97. The van der Waals surface area contributed by atoms with Crippen LogP contribution in [0.2, 0.25) is 0 Å². The molecule has 3 heteroatoms. The molecule has 0 saturated heterocycles. The number of rotatable bonds is 5. The summed E-state index contributed by atoms with van der Waals surface area (Å²) in [6.45, 7) is 2.25. The molecule has 15 heavy (non-hydrogen) atoms. The smallest absolute Gasteiger partial charge is 0.0540 e. The highest BCUT2D eigenvalue weighted by molar-refractivity contribution is 9.10. The van der Waals surface area contributed by atoms with E-state index in [2.05, 4.69) is 39.2 Å². The van der Waals surface area contributed by atoms with E-state index in [-0.39, 0.29) is 0 Å². The van der Waals surface area contributed by atoms with Crippen LogP contribution in [0.15, 0.2) is 22.9 Å². The molecule has 1 heterocycles. The van der Waals surface area contributed by atoms with Crippen LogP contribution in [0.1, 0.15) is 32.6 Å². The molecular formula is C12H17BrN2. The van der Waals surface area contributed by atoms with E-state index in [0.29, 0.717) is 6.04 Å². The lowest BCUT2D eigenvalue weighted by atomic mass is 10.1. The van der Waals surface area contributed by atoms with Crippen molar-refractivity contribution in [3.05, 3.63) is 22.9 Å². The third-order valence-corrected chi connectivity index (χ3v) is 3.28. The van der Waals surface area contributed by atoms with Crippen molar-refractivity contribution in [1.82, 2.24) is 4.98 Å². The summed E-state index contributed by atoms with van der Waals surface area (Å²) >= 11 is 3.44. The minimum atomic E-state index is 0.645. The zero-order valence-electron chi connectivity index (χ0n) is 9.04. The van der Waals surface area contributed by atoms with Crippen LogP contribution in [0.3, 0.4) is 0 Å². The van der Waals surface area contributed by atoms with E-state index in [1.54, 1.807) is 0 Å².